The lowest BCUT2D eigenvalue weighted by Gasteiger charge is -2.32. The van der Waals surface area contributed by atoms with Crippen molar-refractivity contribution in [3.8, 4) is 0 Å². The van der Waals surface area contributed by atoms with E-state index in [1.807, 2.05) is 35.2 Å². The van der Waals surface area contributed by atoms with Crippen LogP contribution >= 0.6 is 0 Å². The predicted octanol–water partition coefficient (Wildman–Crippen LogP) is 2.63. The zero-order valence-corrected chi connectivity index (χ0v) is 21.3. The summed E-state index contributed by atoms with van der Waals surface area (Å²) in [5.74, 6) is -0.147. The molecule has 0 spiro atoms. The maximum Gasteiger partial charge on any atom is 0.326 e. The Hall–Kier alpha value is -4.12. The van der Waals surface area contributed by atoms with E-state index in [2.05, 4.69) is 9.62 Å². The first-order valence-electron chi connectivity index (χ1n) is 12.0. The zero-order chi connectivity index (χ0) is 26.3. The molecule has 0 unspecified atom stereocenters. The second kappa shape index (κ2) is 9.40. The number of fused-ring (bicyclic) bond motifs is 2. The molecule has 0 saturated carbocycles. The average Bonchev–Trinajstić information content (AvgIpc) is 3.12. The smallest absolute Gasteiger partial charge is 0.326 e. The number of nitrogens with one attached hydrogen (secondary N) is 3. The summed E-state index contributed by atoms with van der Waals surface area (Å²) in [5.41, 5.74) is 8.43. The summed E-state index contributed by atoms with van der Waals surface area (Å²) in [6.45, 7) is 4.83. The summed E-state index contributed by atoms with van der Waals surface area (Å²) >= 11 is 0. The Morgan fingerprint density at radius 3 is 2.51 bits per heavy atom. The molecule has 192 valence electrons. The number of hydrogen-bond acceptors (Lipinski definition) is 6. The van der Waals surface area contributed by atoms with E-state index < -0.39 is 16.1 Å². The predicted molar refractivity (Wildman–Crippen MR) is 146 cm³/mol. The van der Waals surface area contributed by atoms with E-state index in [1.165, 1.54) is 4.31 Å². The number of amides is 1. The number of benzene rings is 3. The molecular weight excluding hydrogens is 490 g/mol. The van der Waals surface area contributed by atoms with E-state index in [9.17, 15) is 13.2 Å². The lowest BCUT2D eigenvalue weighted by molar-refractivity contribution is 0.0979. The van der Waals surface area contributed by atoms with Crippen LogP contribution < -0.4 is 19.7 Å². The van der Waals surface area contributed by atoms with E-state index in [4.69, 9.17) is 16.6 Å². The highest BCUT2D eigenvalue weighted by atomic mass is 32.2. The molecule has 11 heteroatoms. The van der Waals surface area contributed by atoms with Crippen molar-refractivity contribution < 1.29 is 13.2 Å². The third-order valence-electron chi connectivity index (χ3n) is 6.88. The van der Waals surface area contributed by atoms with Crippen LogP contribution in [0.3, 0.4) is 0 Å². The monoisotopic (exact) mass is 519 g/mol. The standard InChI is InChI=1S/C26H29N7O3S/c1-17(27)31-9-2-10-32(12-11-31)22-7-8-24-23(15-22)26(34)30-37(35,36)33(24)16-18-3-4-19-5-6-20(25(28)29)14-21(19)13-18/h3-8,13-15,27H,2,9-12,16H2,1H3,(H3,28,29)(H,30,34). The van der Waals surface area contributed by atoms with Gasteiger partial charge in [0.25, 0.3) is 5.91 Å². The fraction of sp³-hybridized carbons (Fsp3) is 0.269. The molecule has 0 radical (unpaired) electrons. The quantitative estimate of drug-likeness (QED) is 0.308. The van der Waals surface area contributed by atoms with Gasteiger partial charge in [0.05, 0.1) is 23.6 Å². The van der Waals surface area contributed by atoms with Gasteiger partial charge in [-0.3, -0.25) is 15.6 Å². The molecule has 1 fully saturated rings. The van der Waals surface area contributed by atoms with E-state index in [0.717, 1.165) is 41.5 Å². The third kappa shape index (κ3) is 4.82. The van der Waals surface area contributed by atoms with Gasteiger partial charge in [-0.15, -0.1) is 0 Å². The van der Waals surface area contributed by atoms with Crippen molar-refractivity contribution in [2.75, 3.05) is 35.4 Å². The molecule has 1 saturated heterocycles. The molecule has 3 aromatic carbocycles. The van der Waals surface area contributed by atoms with Crippen LogP contribution in [0.15, 0.2) is 54.6 Å². The number of nitrogens with zero attached hydrogens (tertiary/aromatic N) is 3. The SMILES string of the molecule is CC(=N)N1CCCN(c2ccc3c(c2)C(=O)NS(=O)(=O)N3Cc2ccc3ccc(C(=N)N)cc3c2)CC1. The summed E-state index contributed by atoms with van der Waals surface area (Å²) in [7, 11) is -4.08. The first-order chi connectivity index (χ1) is 17.6. The first kappa shape index (κ1) is 24.6. The van der Waals surface area contributed by atoms with Crippen LogP contribution in [0.1, 0.15) is 34.8 Å². The van der Waals surface area contributed by atoms with Gasteiger partial charge >= 0.3 is 10.2 Å². The minimum absolute atomic E-state index is 0.0342. The van der Waals surface area contributed by atoms with Crippen molar-refractivity contribution in [2.24, 2.45) is 5.73 Å². The van der Waals surface area contributed by atoms with Crippen molar-refractivity contribution in [1.82, 2.24) is 9.62 Å². The minimum atomic E-state index is -4.08. The summed E-state index contributed by atoms with van der Waals surface area (Å²) < 4.78 is 29.4. The van der Waals surface area contributed by atoms with Gasteiger partial charge in [0.1, 0.15) is 5.84 Å². The van der Waals surface area contributed by atoms with Gasteiger partial charge in [-0.25, -0.2) is 9.03 Å². The lowest BCUT2D eigenvalue weighted by Crippen LogP contribution is -2.48. The molecule has 1 amide bonds. The van der Waals surface area contributed by atoms with Gasteiger partial charge in [-0.1, -0.05) is 24.3 Å². The molecule has 0 aromatic heterocycles. The van der Waals surface area contributed by atoms with E-state index in [-0.39, 0.29) is 12.4 Å². The largest absolute Gasteiger partial charge is 0.384 e. The number of carbonyl (C=O) groups excluding carboxylic acids is 1. The van der Waals surface area contributed by atoms with Crippen LogP contribution in [0.25, 0.3) is 10.8 Å². The first-order valence-corrected chi connectivity index (χ1v) is 13.5. The molecule has 37 heavy (non-hydrogen) atoms. The molecule has 0 aliphatic carbocycles. The van der Waals surface area contributed by atoms with Gasteiger partial charge in [0.15, 0.2) is 0 Å². The summed E-state index contributed by atoms with van der Waals surface area (Å²) in [4.78, 5) is 17.0. The lowest BCUT2D eigenvalue weighted by atomic mass is 10.0. The molecule has 5 rings (SSSR count). The van der Waals surface area contributed by atoms with Gasteiger partial charge < -0.3 is 15.5 Å². The summed E-state index contributed by atoms with van der Waals surface area (Å²) in [5, 5.41) is 17.4. The molecule has 2 aliphatic heterocycles. The fourth-order valence-corrected chi connectivity index (χ4v) is 6.08. The van der Waals surface area contributed by atoms with Crippen LogP contribution in [0.5, 0.6) is 0 Å². The maximum atomic E-state index is 13.0. The van der Waals surface area contributed by atoms with Crippen LogP contribution in [0.2, 0.25) is 0 Å². The van der Waals surface area contributed by atoms with Crippen molar-refractivity contribution in [3.05, 3.63) is 71.3 Å². The Morgan fingerprint density at radius 1 is 0.973 bits per heavy atom. The topological polar surface area (TPSA) is 147 Å². The molecule has 0 bridgehead atoms. The van der Waals surface area contributed by atoms with Crippen molar-refractivity contribution in [1.29, 1.82) is 10.8 Å². The van der Waals surface area contributed by atoms with E-state index in [1.54, 1.807) is 31.2 Å². The number of amidine groups is 2. The molecule has 5 N–H and O–H groups in total. The fourth-order valence-electron chi connectivity index (χ4n) is 4.89. The van der Waals surface area contributed by atoms with Gasteiger partial charge in [-0.05, 0) is 60.0 Å². The highest BCUT2D eigenvalue weighted by Crippen LogP contribution is 2.33. The second-order valence-electron chi connectivity index (χ2n) is 9.37. The summed E-state index contributed by atoms with van der Waals surface area (Å²) in [6, 6.07) is 16.4. The number of hydrogen-bond donors (Lipinski definition) is 4. The maximum absolute atomic E-state index is 13.0. The molecular formula is C26H29N7O3S. The normalized spacial score (nSPS) is 17.2. The van der Waals surface area contributed by atoms with Gasteiger partial charge in [0, 0.05) is 37.4 Å². The van der Waals surface area contributed by atoms with Crippen LogP contribution in [-0.2, 0) is 16.8 Å². The number of nitrogens with two attached hydrogens (primary N) is 1. The number of rotatable bonds is 4. The van der Waals surface area contributed by atoms with E-state index >= 15 is 0 Å². The summed E-state index contributed by atoms with van der Waals surface area (Å²) in [6.07, 6.45) is 0.882. The molecule has 10 nitrogen and oxygen atoms in total. The highest BCUT2D eigenvalue weighted by molar-refractivity contribution is 7.91. The Labute approximate surface area is 215 Å². The van der Waals surface area contributed by atoms with Crippen molar-refractivity contribution in [3.63, 3.8) is 0 Å². The average molecular weight is 520 g/mol. The molecule has 2 aliphatic rings. The Kier molecular flexibility index (Phi) is 6.24. The number of carbonyl (C=O) groups is 1. The third-order valence-corrected chi connectivity index (χ3v) is 8.23. The van der Waals surface area contributed by atoms with Gasteiger partial charge in [-0.2, -0.15) is 8.42 Å². The highest BCUT2D eigenvalue weighted by Gasteiger charge is 2.35. The molecule has 3 aromatic rings. The number of nitrogen functional groups attached to an aromatic ring is 1. The second-order valence-corrected chi connectivity index (χ2v) is 11.0. The van der Waals surface area contributed by atoms with Crippen LogP contribution in [0.4, 0.5) is 11.4 Å². The molecule has 0 atom stereocenters. The van der Waals surface area contributed by atoms with E-state index in [0.29, 0.717) is 35.7 Å². The van der Waals surface area contributed by atoms with Crippen molar-refractivity contribution in [2.45, 2.75) is 19.9 Å². The number of anilines is 2. The Bertz CT molecular complexity index is 1540. The Morgan fingerprint density at radius 2 is 1.76 bits per heavy atom. The van der Waals surface area contributed by atoms with Gasteiger partial charge in [0.2, 0.25) is 0 Å². The molecule has 2 heterocycles. The minimum Gasteiger partial charge on any atom is -0.384 e. The zero-order valence-electron chi connectivity index (χ0n) is 20.5. The van der Waals surface area contributed by atoms with Crippen LogP contribution in [-0.4, -0.2) is 57.1 Å². The van der Waals surface area contributed by atoms with Crippen molar-refractivity contribution >= 4 is 49.9 Å². The van der Waals surface area contributed by atoms with Crippen LogP contribution in [0, 0.1) is 10.8 Å². The Balaban J connectivity index is 1.46.